The summed E-state index contributed by atoms with van der Waals surface area (Å²) in [5.41, 5.74) is 7.77. The van der Waals surface area contributed by atoms with Crippen molar-refractivity contribution in [2.24, 2.45) is 10.1 Å². The molecule has 1 N–H and O–H groups in total. The minimum Gasteiger partial charge on any atom is -0.264 e. The Hall–Kier alpha value is -3.27. The third kappa shape index (κ3) is 2.62. The van der Waals surface area contributed by atoms with E-state index in [1.807, 2.05) is 72.9 Å². The van der Waals surface area contributed by atoms with E-state index in [4.69, 9.17) is 4.99 Å². The van der Waals surface area contributed by atoms with Crippen LogP contribution in [0.3, 0.4) is 0 Å². The van der Waals surface area contributed by atoms with Crippen molar-refractivity contribution in [3.8, 4) is 0 Å². The molecule has 110 valence electrons. The van der Waals surface area contributed by atoms with Crippen molar-refractivity contribution in [3.63, 3.8) is 0 Å². The number of benzene rings is 2. The zero-order valence-electron chi connectivity index (χ0n) is 12.3. The standard InChI is InChI=1S/C19H14N4/c1-2-7-14(8-3-1)19-21-17-11-5-4-10-16(17)18(22-23-19)15-9-6-12-20-13-15/h1-13H,(H,21,23). The largest absolute Gasteiger partial charge is 0.264 e. The molecule has 0 spiro atoms. The SMILES string of the molecule is c1ccc(C2=Nc3ccccc3C(c3cccnc3)=NN2)cc1. The molecule has 0 aliphatic carbocycles. The Labute approximate surface area is 134 Å². The van der Waals surface area contributed by atoms with E-state index in [0.29, 0.717) is 0 Å². The Morgan fingerprint density at radius 3 is 2.35 bits per heavy atom. The zero-order chi connectivity index (χ0) is 15.5. The van der Waals surface area contributed by atoms with Crippen molar-refractivity contribution in [1.82, 2.24) is 10.4 Å². The van der Waals surface area contributed by atoms with Crippen molar-refractivity contribution in [1.29, 1.82) is 0 Å². The number of hydrazone groups is 1. The third-order valence-electron chi connectivity index (χ3n) is 3.65. The van der Waals surface area contributed by atoms with E-state index in [-0.39, 0.29) is 0 Å². The Kier molecular flexibility index (Phi) is 3.41. The second kappa shape index (κ2) is 5.85. The predicted molar refractivity (Wildman–Crippen MR) is 92.1 cm³/mol. The number of fused-ring (bicyclic) bond motifs is 1. The maximum Gasteiger partial charge on any atom is 0.154 e. The maximum absolute atomic E-state index is 4.76. The van der Waals surface area contributed by atoms with Crippen LogP contribution in [-0.2, 0) is 0 Å². The van der Waals surface area contributed by atoms with E-state index in [1.54, 1.807) is 6.20 Å². The first-order valence-electron chi connectivity index (χ1n) is 7.39. The van der Waals surface area contributed by atoms with Gasteiger partial charge in [-0.1, -0.05) is 48.5 Å². The van der Waals surface area contributed by atoms with Gasteiger partial charge in [-0.3, -0.25) is 10.4 Å². The molecule has 4 heteroatoms. The molecule has 2 aromatic carbocycles. The Bertz CT molecular complexity index is 884. The Morgan fingerprint density at radius 1 is 0.739 bits per heavy atom. The summed E-state index contributed by atoms with van der Waals surface area (Å²) in [6, 6.07) is 21.9. The molecule has 0 unspecified atom stereocenters. The number of nitrogens with one attached hydrogen (secondary N) is 1. The lowest BCUT2D eigenvalue weighted by Crippen LogP contribution is -2.19. The Morgan fingerprint density at radius 2 is 1.52 bits per heavy atom. The summed E-state index contributed by atoms with van der Waals surface area (Å²) in [5, 5.41) is 4.59. The van der Waals surface area contributed by atoms with Gasteiger partial charge in [-0.05, 0) is 18.2 Å². The summed E-state index contributed by atoms with van der Waals surface area (Å²) in [6.45, 7) is 0. The molecular weight excluding hydrogens is 284 g/mol. The average molecular weight is 298 g/mol. The number of hydrogen-bond donors (Lipinski definition) is 1. The number of aliphatic imine (C=N–C) groups is 1. The number of amidine groups is 1. The fraction of sp³-hybridized carbons (Fsp3) is 0. The van der Waals surface area contributed by atoms with Gasteiger partial charge in [0.2, 0.25) is 0 Å². The van der Waals surface area contributed by atoms with Gasteiger partial charge < -0.3 is 0 Å². The molecule has 1 aliphatic heterocycles. The van der Waals surface area contributed by atoms with Gasteiger partial charge in [-0.15, -0.1) is 0 Å². The van der Waals surface area contributed by atoms with Gasteiger partial charge in [-0.25, -0.2) is 4.99 Å². The molecular formula is C19H14N4. The highest BCUT2D eigenvalue weighted by Gasteiger charge is 2.16. The van der Waals surface area contributed by atoms with Crippen LogP contribution in [0.1, 0.15) is 16.7 Å². The molecule has 0 saturated carbocycles. The van der Waals surface area contributed by atoms with E-state index in [2.05, 4.69) is 15.5 Å². The molecule has 0 bridgehead atoms. The summed E-state index contributed by atoms with van der Waals surface area (Å²) >= 11 is 0. The maximum atomic E-state index is 4.76. The lowest BCUT2D eigenvalue weighted by molar-refractivity contribution is 1.03. The van der Waals surface area contributed by atoms with Crippen molar-refractivity contribution >= 4 is 17.2 Å². The topological polar surface area (TPSA) is 49.6 Å². The number of aromatic nitrogens is 1. The highest BCUT2D eigenvalue weighted by atomic mass is 15.3. The van der Waals surface area contributed by atoms with Crippen LogP contribution in [0.4, 0.5) is 5.69 Å². The summed E-state index contributed by atoms with van der Waals surface area (Å²) in [7, 11) is 0. The molecule has 0 fully saturated rings. The predicted octanol–water partition coefficient (Wildman–Crippen LogP) is 3.52. The number of hydrogen-bond acceptors (Lipinski definition) is 4. The number of para-hydroxylation sites is 1. The lowest BCUT2D eigenvalue weighted by atomic mass is 10.0. The molecule has 1 aliphatic rings. The van der Waals surface area contributed by atoms with Crippen molar-refractivity contribution in [2.75, 3.05) is 0 Å². The molecule has 0 saturated heterocycles. The first-order chi connectivity index (χ1) is 11.4. The average Bonchev–Trinajstić information content (AvgIpc) is 2.83. The zero-order valence-corrected chi connectivity index (χ0v) is 12.3. The molecule has 0 atom stereocenters. The van der Waals surface area contributed by atoms with Crippen molar-refractivity contribution in [2.45, 2.75) is 0 Å². The van der Waals surface area contributed by atoms with E-state index in [9.17, 15) is 0 Å². The van der Waals surface area contributed by atoms with Crippen LogP contribution >= 0.6 is 0 Å². The van der Waals surface area contributed by atoms with Gasteiger partial charge in [0.1, 0.15) is 5.71 Å². The molecule has 3 aromatic rings. The molecule has 1 aromatic heterocycles. The van der Waals surface area contributed by atoms with Crippen LogP contribution in [-0.4, -0.2) is 16.5 Å². The smallest absolute Gasteiger partial charge is 0.154 e. The molecule has 0 radical (unpaired) electrons. The van der Waals surface area contributed by atoms with Gasteiger partial charge in [0.05, 0.1) is 5.69 Å². The van der Waals surface area contributed by atoms with Crippen LogP contribution in [0.5, 0.6) is 0 Å². The fourth-order valence-electron chi connectivity index (χ4n) is 2.53. The third-order valence-corrected chi connectivity index (χ3v) is 3.65. The van der Waals surface area contributed by atoms with E-state index in [0.717, 1.165) is 33.9 Å². The highest BCUT2D eigenvalue weighted by Crippen LogP contribution is 2.25. The number of pyridine rings is 1. The van der Waals surface area contributed by atoms with Crippen molar-refractivity contribution < 1.29 is 0 Å². The number of rotatable bonds is 2. The minimum absolute atomic E-state index is 0.733. The van der Waals surface area contributed by atoms with E-state index < -0.39 is 0 Å². The van der Waals surface area contributed by atoms with Gasteiger partial charge in [0.15, 0.2) is 5.84 Å². The van der Waals surface area contributed by atoms with E-state index >= 15 is 0 Å². The summed E-state index contributed by atoms with van der Waals surface area (Å²) in [6.07, 6.45) is 3.57. The number of nitrogens with zero attached hydrogens (tertiary/aromatic N) is 3. The molecule has 0 amide bonds. The second-order valence-electron chi connectivity index (χ2n) is 5.16. The first kappa shape index (κ1) is 13.4. The van der Waals surface area contributed by atoms with Crippen LogP contribution in [0.15, 0.2) is 89.2 Å². The second-order valence-corrected chi connectivity index (χ2v) is 5.16. The monoisotopic (exact) mass is 298 g/mol. The summed E-state index contributed by atoms with van der Waals surface area (Å²) in [5.74, 6) is 0.733. The van der Waals surface area contributed by atoms with Gasteiger partial charge in [0.25, 0.3) is 0 Å². The summed E-state index contributed by atoms with van der Waals surface area (Å²) in [4.78, 5) is 8.95. The molecule has 2 heterocycles. The lowest BCUT2D eigenvalue weighted by Gasteiger charge is -2.06. The molecule has 23 heavy (non-hydrogen) atoms. The summed E-state index contributed by atoms with van der Waals surface area (Å²) < 4.78 is 0. The van der Waals surface area contributed by atoms with Gasteiger partial charge >= 0.3 is 0 Å². The van der Waals surface area contributed by atoms with Crippen LogP contribution < -0.4 is 5.43 Å². The Balaban J connectivity index is 1.87. The molecule has 4 rings (SSSR count). The van der Waals surface area contributed by atoms with Crippen LogP contribution in [0.25, 0.3) is 0 Å². The van der Waals surface area contributed by atoms with Gasteiger partial charge in [0, 0.05) is 29.1 Å². The normalized spacial score (nSPS) is 13.2. The fourth-order valence-corrected chi connectivity index (χ4v) is 2.53. The van der Waals surface area contributed by atoms with E-state index in [1.165, 1.54) is 0 Å². The highest BCUT2D eigenvalue weighted by molar-refractivity contribution is 6.17. The van der Waals surface area contributed by atoms with Crippen LogP contribution in [0, 0.1) is 0 Å². The van der Waals surface area contributed by atoms with Crippen LogP contribution in [0.2, 0.25) is 0 Å². The minimum atomic E-state index is 0.733. The quantitative estimate of drug-likeness (QED) is 0.787. The van der Waals surface area contributed by atoms with Gasteiger partial charge in [-0.2, -0.15) is 5.10 Å². The molecule has 4 nitrogen and oxygen atoms in total. The van der Waals surface area contributed by atoms with Crippen molar-refractivity contribution in [3.05, 3.63) is 95.8 Å². The first-order valence-corrected chi connectivity index (χ1v) is 7.39.